The first-order chi connectivity index (χ1) is 15.6. The van der Waals surface area contributed by atoms with Crippen LogP contribution >= 0.6 is 0 Å². The highest BCUT2D eigenvalue weighted by atomic mass is 32.2. The fraction of sp³-hybridized carbons (Fsp3) is 0.652. The van der Waals surface area contributed by atoms with E-state index < -0.39 is 10.0 Å². The minimum Gasteiger partial charge on any atom is -0.322 e. The molecule has 3 heterocycles. The third-order valence-electron chi connectivity index (χ3n) is 7.84. The second kappa shape index (κ2) is 8.11. The molecule has 6 rings (SSSR count). The smallest absolute Gasteiger partial charge is 0.278 e. The summed E-state index contributed by atoms with van der Waals surface area (Å²) in [7, 11) is -3.66. The molecule has 2 fully saturated rings. The number of nitrogens with one attached hydrogen (secondary N) is 2. The Morgan fingerprint density at radius 3 is 2.22 bits per heavy atom. The number of hydrogen-bond donors (Lipinski definition) is 2. The van der Waals surface area contributed by atoms with Gasteiger partial charge in [-0.3, -0.25) is 0 Å². The van der Waals surface area contributed by atoms with Crippen LogP contribution in [-0.2, 0) is 35.7 Å². The SMILES string of the molecule is O=S(=O)(c1nc(Nc2c3c(cc4c2CCC4)CCC3)n[nH]1)N1CCC(N2CCCC2)CC1. The van der Waals surface area contributed by atoms with Crippen molar-refractivity contribution in [2.75, 3.05) is 31.5 Å². The number of aryl methyl sites for hydroxylation is 2. The Kier molecular flexibility index (Phi) is 5.23. The van der Waals surface area contributed by atoms with Gasteiger partial charge in [0.25, 0.3) is 15.2 Å². The van der Waals surface area contributed by atoms with Gasteiger partial charge in [0, 0.05) is 24.8 Å². The van der Waals surface area contributed by atoms with E-state index in [-0.39, 0.29) is 5.16 Å². The van der Waals surface area contributed by atoms with Crippen LogP contribution < -0.4 is 5.32 Å². The van der Waals surface area contributed by atoms with E-state index in [2.05, 4.69) is 31.5 Å². The van der Waals surface area contributed by atoms with Crippen LogP contribution in [0.15, 0.2) is 11.2 Å². The minimum atomic E-state index is -3.66. The summed E-state index contributed by atoms with van der Waals surface area (Å²) >= 11 is 0. The highest BCUT2D eigenvalue weighted by Crippen LogP contribution is 2.39. The molecule has 0 bridgehead atoms. The number of likely N-dealkylation sites (tertiary alicyclic amines) is 1. The predicted molar refractivity (Wildman–Crippen MR) is 123 cm³/mol. The van der Waals surface area contributed by atoms with Crippen molar-refractivity contribution >= 4 is 21.7 Å². The molecule has 0 saturated carbocycles. The zero-order valence-corrected chi connectivity index (χ0v) is 19.4. The largest absolute Gasteiger partial charge is 0.322 e. The number of sulfonamides is 1. The molecule has 2 aliphatic heterocycles. The van der Waals surface area contributed by atoms with E-state index in [1.54, 1.807) is 4.31 Å². The first-order valence-corrected chi connectivity index (χ1v) is 13.6. The van der Waals surface area contributed by atoms with Gasteiger partial charge in [-0.15, -0.1) is 5.10 Å². The Bertz CT molecular complexity index is 1080. The van der Waals surface area contributed by atoms with Gasteiger partial charge in [0.15, 0.2) is 0 Å². The number of hydrogen-bond acceptors (Lipinski definition) is 6. The number of nitrogens with zero attached hydrogens (tertiary/aromatic N) is 4. The molecule has 4 aliphatic rings. The standard InChI is InChI=1S/C23H32N6O2S/c30-32(31,29-13-9-18(10-14-29)28-11-1-2-12-28)23-25-22(26-27-23)24-21-19-7-3-5-16(19)15-17-6-4-8-20(17)21/h15,18H,1-14H2,(H2,24,25,26,27). The van der Waals surface area contributed by atoms with Crippen molar-refractivity contribution in [1.82, 2.24) is 24.4 Å². The molecule has 32 heavy (non-hydrogen) atoms. The van der Waals surface area contributed by atoms with Crippen LogP contribution in [0.5, 0.6) is 0 Å². The molecular weight excluding hydrogens is 424 g/mol. The third kappa shape index (κ3) is 3.54. The van der Waals surface area contributed by atoms with E-state index in [0.717, 1.165) is 57.3 Å². The molecule has 8 nitrogen and oxygen atoms in total. The first-order valence-electron chi connectivity index (χ1n) is 12.2. The summed E-state index contributed by atoms with van der Waals surface area (Å²) in [6, 6.07) is 2.90. The van der Waals surface area contributed by atoms with Gasteiger partial charge in [0.2, 0.25) is 5.95 Å². The Morgan fingerprint density at radius 1 is 0.906 bits per heavy atom. The average molecular weight is 457 g/mol. The van der Waals surface area contributed by atoms with Gasteiger partial charge in [0.05, 0.1) is 0 Å². The number of piperidine rings is 1. The molecule has 1 aromatic heterocycles. The summed E-state index contributed by atoms with van der Waals surface area (Å²) < 4.78 is 28.0. The molecule has 0 spiro atoms. The predicted octanol–water partition coefficient (Wildman–Crippen LogP) is 2.77. The number of rotatable bonds is 5. The summed E-state index contributed by atoms with van der Waals surface area (Å²) in [5.74, 6) is 0.352. The number of anilines is 2. The van der Waals surface area contributed by atoms with Crippen molar-refractivity contribution in [3.05, 3.63) is 28.3 Å². The lowest BCUT2D eigenvalue weighted by Gasteiger charge is -2.35. The average Bonchev–Trinajstić information content (AvgIpc) is 3.60. The molecule has 2 saturated heterocycles. The van der Waals surface area contributed by atoms with E-state index in [0.29, 0.717) is 25.1 Å². The fourth-order valence-electron chi connectivity index (χ4n) is 6.17. The zero-order chi connectivity index (χ0) is 21.7. The number of benzene rings is 1. The quantitative estimate of drug-likeness (QED) is 0.719. The Hall–Kier alpha value is -1.97. The van der Waals surface area contributed by atoms with Crippen molar-refractivity contribution in [2.45, 2.75) is 75.4 Å². The van der Waals surface area contributed by atoms with E-state index >= 15 is 0 Å². The van der Waals surface area contributed by atoms with Crippen LogP contribution in [-0.4, -0.2) is 65.0 Å². The lowest BCUT2D eigenvalue weighted by molar-refractivity contribution is 0.167. The fourth-order valence-corrected chi connectivity index (χ4v) is 7.47. The Morgan fingerprint density at radius 2 is 1.56 bits per heavy atom. The Labute approximate surface area is 189 Å². The molecule has 172 valence electrons. The number of fused-ring (bicyclic) bond motifs is 2. The second-order valence-electron chi connectivity index (χ2n) is 9.70. The summed E-state index contributed by atoms with van der Waals surface area (Å²) in [5, 5.41) is 10.3. The summed E-state index contributed by atoms with van der Waals surface area (Å²) in [6.45, 7) is 3.40. The van der Waals surface area contributed by atoms with E-state index in [1.165, 1.54) is 47.9 Å². The van der Waals surface area contributed by atoms with Gasteiger partial charge in [-0.25, -0.2) is 13.5 Å². The van der Waals surface area contributed by atoms with E-state index in [9.17, 15) is 8.42 Å². The topological polar surface area (TPSA) is 94.2 Å². The highest BCUT2D eigenvalue weighted by molar-refractivity contribution is 7.88. The summed E-state index contributed by atoms with van der Waals surface area (Å²) in [5.41, 5.74) is 6.71. The summed E-state index contributed by atoms with van der Waals surface area (Å²) in [4.78, 5) is 6.91. The van der Waals surface area contributed by atoms with Gasteiger partial charge in [-0.1, -0.05) is 6.07 Å². The van der Waals surface area contributed by atoms with Gasteiger partial charge in [-0.2, -0.15) is 9.29 Å². The molecule has 2 aromatic rings. The molecule has 0 amide bonds. The van der Waals surface area contributed by atoms with Crippen molar-refractivity contribution in [3.8, 4) is 0 Å². The van der Waals surface area contributed by atoms with Crippen molar-refractivity contribution < 1.29 is 8.42 Å². The lowest BCUT2D eigenvalue weighted by atomic mass is 9.99. The molecule has 2 N–H and O–H groups in total. The molecule has 0 radical (unpaired) electrons. The maximum absolute atomic E-state index is 13.2. The van der Waals surface area contributed by atoms with Gasteiger partial charge in [-0.05, 0) is 99.6 Å². The second-order valence-corrected chi connectivity index (χ2v) is 11.6. The van der Waals surface area contributed by atoms with Crippen LogP contribution in [0.25, 0.3) is 0 Å². The zero-order valence-electron chi connectivity index (χ0n) is 18.6. The normalized spacial score (nSPS) is 22.4. The maximum Gasteiger partial charge on any atom is 0.278 e. The highest BCUT2D eigenvalue weighted by Gasteiger charge is 2.34. The van der Waals surface area contributed by atoms with Gasteiger partial charge < -0.3 is 10.2 Å². The van der Waals surface area contributed by atoms with Crippen molar-refractivity contribution in [3.63, 3.8) is 0 Å². The van der Waals surface area contributed by atoms with Crippen LogP contribution in [0, 0.1) is 0 Å². The van der Waals surface area contributed by atoms with Gasteiger partial charge in [0.1, 0.15) is 0 Å². The van der Waals surface area contributed by atoms with Crippen LogP contribution in [0.2, 0.25) is 0 Å². The number of aromatic nitrogens is 3. The van der Waals surface area contributed by atoms with E-state index in [4.69, 9.17) is 0 Å². The van der Waals surface area contributed by atoms with Crippen LogP contribution in [0.4, 0.5) is 11.6 Å². The van der Waals surface area contributed by atoms with Gasteiger partial charge >= 0.3 is 0 Å². The maximum atomic E-state index is 13.2. The van der Waals surface area contributed by atoms with Crippen LogP contribution in [0.1, 0.15) is 60.8 Å². The third-order valence-corrected chi connectivity index (χ3v) is 9.56. The first kappa shape index (κ1) is 20.6. The van der Waals surface area contributed by atoms with Crippen molar-refractivity contribution in [2.24, 2.45) is 0 Å². The minimum absolute atomic E-state index is 0.0520. The summed E-state index contributed by atoms with van der Waals surface area (Å²) in [6.07, 6.45) is 11.0. The molecule has 1 aromatic carbocycles. The molecule has 2 aliphatic carbocycles. The lowest BCUT2D eigenvalue weighted by Crippen LogP contribution is -2.46. The molecule has 0 unspecified atom stereocenters. The van der Waals surface area contributed by atoms with Crippen LogP contribution in [0.3, 0.4) is 0 Å². The van der Waals surface area contributed by atoms with Crippen molar-refractivity contribution in [1.29, 1.82) is 0 Å². The monoisotopic (exact) mass is 456 g/mol. The Balaban J connectivity index is 1.19. The molecule has 9 heteroatoms. The molecule has 0 atom stereocenters. The van der Waals surface area contributed by atoms with E-state index in [1.807, 2.05) is 0 Å². The number of H-pyrrole nitrogens is 1. The molecular formula is C23H32N6O2S. The number of aromatic amines is 1.